The fraction of sp³-hybridized carbons (Fsp3) is 0.692. The molecule has 0 unspecified atom stereocenters. The number of nitrogens with one attached hydrogen (secondary N) is 1. The SMILES string of the molecule is CN(C)c1ncc(CN=C(N)NC2CCCC2)n1C. The lowest BCUT2D eigenvalue weighted by atomic mass is 10.2. The summed E-state index contributed by atoms with van der Waals surface area (Å²) in [5, 5.41) is 3.29. The van der Waals surface area contributed by atoms with Gasteiger partial charge in [-0.05, 0) is 12.8 Å². The minimum absolute atomic E-state index is 0.507. The number of aliphatic imine (C=N–C) groups is 1. The molecule has 0 aromatic carbocycles. The van der Waals surface area contributed by atoms with E-state index in [2.05, 4.69) is 15.3 Å². The molecule has 3 N–H and O–H groups in total. The normalized spacial score (nSPS) is 16.9. The third-order valence-electron chi connectivity index (χ3n) is 3.58. The Morgan fingerprint density at radius 1 is 1.53 bits per heavy atom. The molecule has 1 aromatic rings. The van der Waals surface area contributed by atoms with E-state index in [0.717, 1.165) is 11.6 Å². The van der Waals surface area contributed by atoms with Gasteiger partial charge < -0.3 is 20.5 Å². The van der Waals surface area contributed by atoms with E-state index in [1.807, 2.05) is 36.8 Å². The highest BCUT2D eigenvalue weighted by Gasteiger charge is 2.15. The molecule has 0 bridgehead atoms. The first-order valence-corrected chi connectivity index (χ1v) is 6.82. The van der Waals surface area contributed by atoms with Gasteiger partial charge in [0.25, 0.3) is 0 Å². The van der Waals surface area contributed by atoms with Crippen molar-refractivity contribution in [2.75, 3.05) is 19.0 Å². The first kappa shape index (κ1) is 13.7. The fourth-order valence-electron chi connectivity index (χ4n) is 2.49. The second-order valence-electron chi connectivity index (χ2n) is 5.33. The van der Waals surface area contributed by atoms with Gasteiger partial charge in [-0.2, -0.15) is 0 Å². The summed E-state index contributed by atoms with van der Waals surface area (Å²) in [7, 11) is 5.95. The molecule has 1 aromatic heterocycles. The van der Waals surface area contributed by atoms with Gasteiger partial charge in [0.05, 0.1) is 18.4 Å². The molecule has 19 heavy (non-hydrogen) atoms. The number of rotatable bonds is 4. The third-order valence-corrected chi connectivity index (χ3v) is 3.58. The summed E-state index contributed by atoms with van der Waals surface area (Å²) in [4.78, 5) is 10.7. The van der Waals surface area contributed by atoms with Crippen molar-refractivity contribution >= 4 is 11.9 Å². The van der Waals surface area contributed by atoms with Gasteiger partial charge in [0.1, 0.15) is 0 Å². The highest BCUT2D eigenvalue weighted by molar-refractivity contribution is 5.78. The molecule has 6 nitrogen and oxygen atoms in total. The molecule has 0 spiro atoms. The lowest BCUT2D eigenvalue weighted by Gasteiger charge is -2.13. The second kappa shape index (κ2) is 5.95. The van der Waals surface area contributed by atoms with Crippen LogP contribution in [0.15, 0.2) is 11.2 Å². The molecular formula is C13H24N6. The van der Waals surface area contributed by atoms with Crippen LogP contribution in [0.3, 0.4) is 0 Å². The summed E-state index contributed by atoms with van der Waals surface area (Å²) < 4.78 is 2.03. The Labute approximate surface area is 114 Å². The number of anilines is 1. The minimum Gasteiger partial charge on any atom is -0.370 e. The van der Waals surface area contributed by atoms with E-state index in [0.29, 0.717) is 18.5 Å². The lowest BCUT2D eigenvalue weighted by Crippen LogP contribution is -2.38. The van der Waals surface area contributed by atoms with Crippen LogP contribution >= 0.6 is 0 Å². The maximum Gasteiger partial charge on any atom is 0.204 e. The van der Waals surface area contributed by atoms with Crippen LogP contribution in [0.2, 0.25) is 0 Å². The molecule has 2 rings (SSSR count). The third kappa shape index (κ3) is 3.39. The molecule has 6 heteroatoms. The van der Waals surface area contributed by atoms with Crippen LogP contribution in [0, 0.1) is 0 Å². The van der Waals surface area contributed by atoms with Crippen LogP contribution in [-0.2, 0) is 13.6 Å². The van der Waals surface area contributed by atoms with E-state index >= 15 is 0 Å². The molecular weight excluding hydrogens is 240 g/mol. The Morgan fingerprint density at radius 2 is 2.21 bits per heavy atom. The summed E-state index contributed by atoms with van der Waals surface area (Å²) in [5.74, 6) is 1.46. The molecule has 1 saturated carbocycles. The number of imidazole rings is 1. The zero-order chi connectivity index (χ0) is 13.8. The molecule has 1 fully saturated rings. The Balaban J connectivity index is 1.93. The van der Waals surface area contributed by atoms with Crippen LogP contribution in [-0.4, -0.2) is 35.6 Å². The Bertz CT molecular complexity index is 442. The van der Waals surface area contributed by atoms with Gasteiger partial charge in [0, 0.05) is 27.2 Å². The number of guanidine groups is 1. The van der Waals surface area contributed by atoms with Crippen LogP contribution < -0.4 is 16.0 Å². The highest BCUT2D eigenvalue weighted by Crippen LogP contribution is 2.17. The molecule has 106 valence electrons. The van der Waals surface area contributed by atoms with E-state index in [1.165, 1.54) is 25.7 Å². The molecule has 0 amide bonds. The summed E-state index contributed by atoms with van der Waals surface area (Å²) in [6.45, 7) is 0.558. The summed E-state index contributed by atoms with van der Waals surface area (Å²) >= 11 is 0. The molecule has 1 aliphatic carbocycles. The maximum atomic E-state index is 5.92. The first-order chi connectivity index (χ1) is 9.08. The second-order valence-corrected chi connectivity index (χ2v) is 5.33. The number of nitrogens with two attached hydrogens (primary N) is 1. The smallest absolute Gasteiger partial charge is 0.204 e. The van der Waals surface area contributed by atoms with E-state index < -0.39 is 0 Å². The Kier molecular flexibility index (Phi) is 4.29. The van der Waals surface area contributed by atoms with Crippen molar-refractivity contribution in [3.8, 4) is 0 Å². The van der Waals surface area contributed by atoms with Crippen molar-refractivity contribution in [3.63, 3.8) is 0 Å². The lowest BCUT2D eigenvalue weighted by molar-refractivity contribution is 0.624. The topological polar surface area (TPSA) is 71.5 Å². The molecule has 1 aliphatic rings. The highest BCUT2D eigenvalue weighted by atomic mass is 15.3. The van der Waals surface area contributed by atoms with Crippen LogP contribution in [0.25, 0.3) is 0 Å². The monoisotopic (exact) mass is 264 g/mol. The van der Waals surface area contributed by atoms with Crippen molar-refractivity contribution < 1.29 is 0 Å². The van der Waals surface area contributed by atoms with Gasteiger partial charge >= 0.3 is 0 Å². The predicted molar refractivity (Wildman–Crippen MR) is 78.3 cm³/mol. The predicted octanol–water partition coefficient (Wildman–Crippen LogP) is 0.833. The van der Waals surface area contributed by atoms with Crippen molar-refractivity contribution in [2.24, 2.45) is 17.8 Å². The van der Waals surface area contributed by atoms with Crippen LogP contribution in [0.1, 0.15) is 31.4 Å². The summed E-state index contributed by atoms with van der Waals surface area (Å²) in [5.41, 5.74) is 6.97. The molecule has 0 aliphatic heterocycles. The van der Waals surface area contributed by atoms with Crippen LogP contribution in [0.4, 0.5) is 5.95 Å². The van der Waals surface area contributed by atoms with Crippen LogP contribution in [0.5, 0.6) is 0 Å². The number of aromatic nitrogens is 2. The van der Waals surface area contributed by atoms with Crippen molar-refractivity contribution in [3.05, 3.63) is 11.9 Å². The quantitative estimate of drug-likeness (QED) is 0.624. The van der Waals surface area contributed by atoms with Gasteiger partial charge in [-0.25, -0.2) is 9.98 Å². The molecule has 1 heterocycles. The fourth-order valence-corrected chi connectivity index (χ4v) is 2.49. The average molecular weight is 264 g/mol. The molecule has 0 atom stereocenters. The van der Waals surface area contributed by atoms with Crippen molar-refractivity contribution in [1.82, 2.24) is 14.9 Å². The standard InChI is InChI=1S/C13H24N6/c1-18(2)13-16-9-11(19(13)3)8-15-12(14)17-10-6-4-5-7-10/h9-10H,4-8H2,1-3H3,(H3,14,15,17). The zero-order valence-corrected chi connectivity index (χ0v) is 12.1. The van der Waals surface area contributed by atoms with Gasteiger partial charge in [-0.1, -0.05) is 12.8 Å². The summed E-state index contributed by atoms with van der Waals surface area (Å²) in [6.07, 6.45) is 6.83. The number of hydrogen-bond acceptors (Lipinski definition) is 3. The first-order valence-electron chi connectivity index (χ1n) is 6.82. The Hall–Kier alpha value is -1.72. The van der Waals surface area contributed by atoms with Gasteiger partial charge in [-0.3, -0.25) is 0 Å². The average Bonchev–Trinajstić information content (AvgIpc) is 2.96. The van der Waals surface area contributed by atoms with Crippen molar-refractivity contribution in [2.45, 2.75) is 38.3 Å². The minimum atomic E-state index is 0.507. The number of hydrogen-bond donors (Lipinski definition) is 2. The van der Waals surface area contributed by atoms with Gasteiger partial charge in [0.15, 0.2) is 5.96 Å². The Morgan fingerprint density at radius 3 is 2.79 bits per heavy atom. The van der Waals surface area contributed by atoms with Gasteiger partial charge in [0.2, 0.25) is 5.95 Å². The van der Waals surface area contributed by atoms with Gasteiger partial charge in [-0.15, -0.1) is 0 Å². The van der Waals surface area contributed by atoms with E-state index in [4.69, 9.17) is 5.73 Å². The van der Waals surface area contributed by atoms with E-state index in [-0.39, 0.29) is 0 Å². The zero-order valence-electron chi connectivity index (χ0n) is 12.1. The van der Waals surface area contributed by atoms with E-state index in [1.54, 1.807) is 0 Å². The number of nitrogens with zero attached hydrogens (tertiary/aromatic N) is 4. The van der Waals surface area contributed by atoms with Crippen molar-refractivity contribution in [1.29, 1.82) is 0 Å². The molecule has 0 saturated heterocycles. The maximum absolute atomic E-state index is 5.92. The van der Waals surface area contributed by atoms with E-state index in [9.17, 15) is 0 Å². The molecule has 0 radical (unpaired) electrons. The summed E-state index contributed by atoms with van der Waals surface area (Å²) in [6, 6.07) is 0.507. The largest absolute Gasteiger partial charge is 0.370 e.